The van der Waals surface area contributed by atoms with E-state index in [1.54, 1.807) is 12.1 Å². The lowest BCUT2D eigenvalue weighted by Gasteiger charge is -2.23. The Balaban J connectivity index is 1.95. The SMILES string of the molecule is NC1=NN(c2ccccc2)[C@@H](c2ccc(F)cc2)C1. The van der Waals surface area contributed by atoms with E-state index in [0.29, 0.717) is 12.3 Å². The topological polar surface area (TPSA) is 41.6 Å². The van der Waals surface area contributed by atoms with E-state index in [-0.39, 0.29) is 11.9 Å². The maximum Gasteiger partial charge on any atom is 0.123 e. The van der Waals surface area contributed by atoms with E-state index < -0.39 is 0 Å². The molecule has 2 aromatic rings. The number of anilines is 1. The van der Waals surface area contributed by atoms with Crippen molar-refractivity contribution in [1.82, 2.24) is 0 Å². The molecule has 4 heteroatoms. The zero-order valence-electron chi connectivity index (χ0n) is 10.3. The highest BCUT2D eigenvalue weighted by Gasteiger charge is 2.27. The van der Waals surface area contributed by atoms with Crippen molar-refractivity contribution in [3.05, 3.63) is 66.0 Å². The van der Waals surface area contributed by atoms with Crippen LogP contribution >= 0.6 is 0 Å². The molecule has 2 aromatic carbocycles. The number of hydrazone groups is 1. The lowest BCUT2D eigenvalue weighted by atomic mass is 10.0. The molecule has 0 unspecified atom stereocenters. The summed E-state index contributed by atoms with van der Waals surface area (Å²) in [6, 6.07) is 16.4. The Bertz CT molecular complexity index is 593. The number of amidine groups is 1. The summed E-state index contributed by atoms with van der Waals surface area (Å²) in [5, 5.41) is 6.26. The molecule has 0 saturated heterocycles. The quantitative estimate of drug-likeness (QED) is 0.896. The van der Waals surface area contributed by atoms with Crippen LogP contribution in [-0.2, 0) is 0 Å². The van der Waals surface area contributed by atoms with E-state index in [4.69, 9.17) is 5.73 Å². The molecular formula is C15H14FN3. The average Bonchev–Trinajstić information content (AvgIpc) is 2.83. The van der Waals surface area contributed by atoms with E-state index in [0.717, 1.165) is 11.3 Å². The van der Waals surface area contributed by atoms with Crippen LogP contribution in [0.4, 0.5) is 10.1 Å². The third-order valence-corrected chi connectivity index (χ3v) is 3.21. The van der Waals surface area contributed by atoms with Crippen molar-refractivity contribution >= 4 is 11.5 Å². The number of hydrogen-bond acceptors (Lipinski definition) is 3. The monoisotopic (exact) mass is 255 g/mol. The van der Waals surface area contributed by atoms with E-state index in [1.165, 1.54) is 12.1 Å². The molecule has 0 saturated carbocycles. The third-order valence-electron chi connectivity index (χ3n) is 3.21. The van der Waals surface area contributed by atoms with Gasteiger partial charge in [-0.3, -0.25) is 5.01 Å². The predicted octanol–water partition coefficient (Wildman–Crippen LogP) is 3.05. The number of benzene rings is 2. The molecule has 0 spiro atoms. The molecule has 1 aliphatic heterocycles. The number of nitrogens with two attached hydrogens (primary N) is 1. The highest BCUT2D eigenvalue weighted by atomic mass is 19.1. The molecule has 1 aliphatic rings. The van der Waals surface area contributed by atoms with Crippen LogP contribution in [0.5, 0.6) is 0 Å². The zero-order valence-corrected chi connectivity index (χ0v) is 10.3. The van der Waals surface area contributed by atoms with Crippen LogP contribution in [0.2, 0.25) is 0 Å². The van der Waals surface area contributed by atoms with Crippen molar-refractivity contribution in [3.8, 4) is 0 Å². The van der Waals surface area contributed by atoms with Crippen LogP contribution in [0.15, 0.2) is 59.7 Å². The van der Waals surface area contributed by atoms with Crippen molar-refractivity contribution in [2.75, 3.05) is 5.01 Å². The van der Waals surface area contributed by atoms with Gasteiger partial charge in [-0.25, -0.2) is 4.39 Å². The Kier molecular flexibility index (Phi) is 2.91. The molecule has 0 radical (unpaired) electrons. The fourth-order valence-corrected chi connectivity index (χ4v) is 2.30. The van der Waals surface area contributed by atoms with Crippen molar-refractivity contribution in [3.63, 3.8) is 0 Å². The minimum absolute atomic E-state index is 0.0306. The second-order valence-electron chi connectivity index (χ2n) is 4.54. The third kappa shape index (κ3) is 2.29. The smallest absolute Gasteiger partial charge is 0.123 e. The molecule has 1 atom stereocenters. The first kappa shape index (κ1) is 11.7. The van der Waals surface area contributed by atoms with E-state index in [1.807, 2.05) is 35.3 Å². The molecule has 1 heterocycles. The lowest BCUT2D eigenvalue weighted by molar-refractivity contribution is 0.624. The summed E-state index contributed by atoms with van der Waals surface area (Å²) in [5.41, 5.74) is 7.85. The summed E-state index contributed by atoms with van der Waals surface area (Å²) in [7, 11) is 0. The Morgan fingerprint density at radius 3 is 2.42 bits per heavy atom. The Morgan fingerprint density at radius 1 is 1.05 bits per heavy atom. The number of hydrogen-bond donors (Lipinski definition) is 1. The van der Waals surface area contributed by atoms with Gasteiger partial charge < -0.3 is 5.73 Å². The number of para-hydroxylation sites is 1. The second-order valence-corrected chi connectivity index (χ2v) is 4.54. The van der Waals surface area contributed by atoms with E-state index in [9.17, 15) is 4.39 Å². The molecular weight excluding hydrogens is 241 g/mol. The van der Waals surface area contributed by atoms with Gasteiger partial charge in [-0.1, -0.05) is 30.3 Å². The molecule has 0 bridgehead atoms. The summed E-state index contributed by atoms with van der Waals surface area (Å²) in [5.74, 6) is 0.361. The summed E-state index contributed by atoms with van der Waals surface area (Å²) < 4.78 is 13.0. The molecule has 3 rings (SSSR count). The van der Waals surface area contributed by atoms with Gasteiger partial charge in [0.25, 0.3) is 0 Å². The van der Waals surface area contributed by atoms with E-state index >= 15 is 0 Å². The van der Waals surface area contributed by atoms with Gasteiger partial charge in [-0.2, -0.15) is 5.10 Å². The lowest BCUT2D eigenvalue weighted by Crippen LogP contribution is -2.18. The summed E-state index contributed by atoms with van der Waals surface area (Å²) >= 11 is 0. The van der Waals surface area contributed by atoms with Crippen LogP contribution in [0.25, 0.3) is 0 Å². The van der Waals surface area contributed by atoms with Gasteiger partial charge >= 0.3 is 0 Å². The van der Waals surface area contributed by atoms with Crippen LogP contribution < -0.4 is 10.7 Å². The largest absolute Gasteiger partial charge is 0.386 e. The average molecular weight is 255 g/mol. The van der Waals surface area contributed by atoms with Crippen LogP contribution in [0.3, 0.4) is 0 Å². The van der Waals surface area contributed by atoms with Crippen molar-refractivity contribution < 1.29 is 4.39 Å². The molecule has 0 aromatic heterocycles. The molecule has 0 aliphatic carbocycles. The van der Waals surface area contributed by atoms with Gasteiger partial charge in [0, 0.05) is 6.42 Å². The highest BCUT2D eigenvalue weighted by Crippen LogP contribution is 2.33. The van der Waals surface area contributed by atoms with Crippen molar-refractivity contribution in [2.24, 2.45) is 10.8 Å². The molecule has 0 fully saturated rings. The molecule has 96 valence electrons. The first-order valence-corrected chi connectivity index (χ1v) is 6.17. The fourth-order valence-electron chi connectivity index (χ4n) is 2.30. The fraction of sp³-hybridized carbons (Fsp3) is 0.133. The van der Waals surface area contributed by atoms with Crippen molar-refractivity contribution in [2.45, 2.75) is 12.5 Å². The van der Waals surface area contributed by atoms with Crippen LogP contribution in [0, 0.1) is 5.82 Å². The Morgan fingerprint density at radius 2 is 1.74 bits per heavy atom. The van der Waals surface area contributed by atoms with Crippen LogP contribution in [0.1, 0.15) is 18.0 Å². The first-order valence-electron chi connectivity index (χ1n) is 6.17. The zero-order chi connectivity index (χ0) is 13.2. The normalized spacial score (nSPS) is 18.5. The van der Waals surface area contributed by atoms with E-state index in [2.05, 4.69) is 5.10 Å². The number of nitrogens with zero attached hydrogens (tertiary/aromatic N) is 2. The standard InChI is InChI=1S/C15H14FN3/c16-12-8-6-11(7-9-12)14-10-15(17)18-19(14)13-4-2-1-3-5-13/h1-9,14H,10H2,(H2,17,18)/t14-/m1/s1. The minimum Gasteiger partial charge on any atom is -0.386 e. The second kappa shape index (κ2) is 4.72. The first-order chi connectivity index (χ1) is 9.24. The molecule has 0 amide bonds. The maximum atomic E-state index is 13.0. The van der Waals surface area contributed by atoms with Gasteiger partial charge in [0.15, 0.2) is 0 Å². The molecule has 3 nitrogen and oxygen atoms in total. The number of rotatable bonds is 2. The van der Waals surface area contributed by atoms with Crippen LogP contribution in [-0.4, -0.2) is 5.84 Å². The van der Waals surface area contributed by atoms with Gasteiger partial charge in [0.1, 0.15) is 11.7 Å². The molecule has 19 heavy (non-hydrogen) atoms. The Labute approximate surface area is 111 Å². The maximum absolute atomic E-state index is 13.0. The number of halogens is 1. The summed E-state index contributed by atoms with van der Waals surface area (Å²) in [4.78, 5) is 0. The van der Waals surface area contributed by atoms with Crippen molar-refractivity contribution in [1.29, 1.82) is 0 Å². The summed E-state index contributed by atoms with van der Waals surface area (Å²) in [6.45, 7) is 0. The summed E-state index contributed by atoms with van der Waals surface area (Å²) in [6.07, 6.45) is 0.653. The van der Waals surface area contributed by atoms with Gasteiger partial charge in [0.05, 0.1) is 11.7 Å². The molecule has 2 N–H and O–H groups in total. The highest BCUT2D eigenvalue weighted by molar-refractivity contribution is 5.85. The van der Waals surface area contributed by atoms with Gasteiger partial charge in [-0.15, -0.1) is 0 Å². The Hall–Kier alpha value is -2.36. The van der Waals surface area contributed by atoms with Gasteiger partial charge in [0.2, 0.25) is 0 Å². The predicted molar refractivity (Wildman–Crippen MR) is 74.3 cm³/mol. The van der Waals surface area contributed by atoms with Gasteiger partial charge in [-0.05, 0) is 29.8 Å². The minimum atomic E-state index is -0.234.